The van der Waals surface area contributed by atoms with E-state index in [1.807, 2.05) is 6.92 Å². The van der Waals surface area contributed by atoms with E-state index in [2.05, 4.69) is 0 Å². The second-order valence-corrected chi connectivity index (χ2v) is 6.92. The third kappa shape index (κ3) is 3.62. The van der Waals surface area contributed by atoms with Gasteiger partial charge in [-0.2, -0.15) is 0 Å². The van der Waals surface area contributed by atoms with E-state index < -0.39 is 9.05 Å². The molecule has 0 aliphatic carbocycles. The molecule has 2 aromatic rings. The lowest BCUT2D eigenvalue weighted by Gasteiger charge is -2.09. The molecule has 19 heavy (non-hydrogen) atoms. The van der Waals surface area contributed by atoms with E-state index in [1.165, 1.54) is 12.1 Å². The fourth-order valence-electron chi connectivity index (χ4n) is 1.52. The molecule has 0 atom stereocenters. The number of rotatable bonds is 3. The Morgan fingerprint density at radius 3 is 2.21 bits per heavy atom. The van der Waals surface area contributed by atoms with Crippen LogP contribution in [0.25, 0.3) is 0 Å². The zero-order valence-corrected chi connectivity index (χ0v) is 12.3. The van der Waals surface area contributed by atoms with Crippen LogP contribution in [0.2, 0.25) is 5.02 Å². The van der Waals surface area contributed by atoms with Gasteiger partial charge in [0.15, 0.2) is 0 Å². The predicted octanol–water partition coefficient (Wildman–Crippen LogP) is 4.37. The molecule has 0 aromatic heterocycles. The average molecular weight is 317 g/mol. The topological polar surface area (TPSA) is 43.4 Å². The number of hydrogen-bond acceptors (Lipinski definition) is 3. The summed E-state index contributed by atoms with van der Waals surface area (Å²) >= 11 is 5.85. The summed E-state index contributed by atoms with van der Waals surface area (Å²) in [5.41, 5.74) is 0.890. The molecule has 0 unspecified atom stereocenters. The molecular formula is C13H10Cl2O3S. The Hall–Kier alpha value is -1.23. The van der Waals surface area contributed by atoms with Gasteiger partial charge in [-0.3, -0.25) is 0 Å². The van der Waals surface area contributed by atoms with Crippen molar-refractivity contribution in [3.05, 3.63) is 53.1 Å². The highest BCUT2D eigenvalue weighted by Gasteiger charge is 2.09. The second kappa shape index (κ2) is 5.41. The van der Waals surface area contributed by atoms with Crippen molar-refractivity contribution in [1.82, 2.24) is 0 Å². The van der Waals surface area contributed by atoms with Gasteiger partial charge in [0.05, 0.1) is 4.90 Å². The lowest BCUT2D eigenvalue weighted by Crippen LogP contribution is -1.91. The monoisotopic (exact) mass is 316 g/mol. The van der Waals surface area contributed by atoms with Crippen LogP contribution in [0.3, 0.4) is 0 Å². The molecule has 0 spiro atoms. The molecule has 0 N–H and O–H groups in total. The Labute approximate surface area is 121 Å². The van der Waals surface area contributed by atoms with E-state index in [4.69, 9.17) is 27.0 Å². The molecular weight excluding hydrogens is 307 g/mol. The number of aryl methyl sites for hydroxylation is 1. The van der Waals surface area contributed by atoms with Gasteiger partial charge in [-0.05, 0) is 55.0 Å². The smallest absolute Gasteiger partial charge is 0.261 e. The molecule has 0 fully saturated rings. The lowest BCUT2D eigenvalue weighted by atomic mass is 10.2. The van der Waals surface area contributed by atoms with E-state index in [1.54, 1.807) is 30.3 Å². The molecule has 0 amide bonds. The summed E-state index contributed by atoms with van der Waals surface area (Å²) < 4.78 is 27.8. The predicted molar refractivity (Wildman–Crippen MR) is 75.7 cm³/mol. The minimum Gasteiger partial charge on any atom is -0.457 e. The molecule has 0 aliphatic heterocycles. The van der Waals surface area contributed by atoms with Crippen molar-refractivity contribution in [2.24, 2.45) is 0 Å². The van der Waals surface area contributed by atoms with Crippen LogP contribution in [0.15, 0.2) is 47.4 Å². The molecule has 0 radical (unpaired) electrons. The zero-order chi connectivity index (χ0) is 14.0. The van der Waals surface area contributed by atoms with E-state index in [-0.39, 0.29) is 4.90 Å². The molecule has 0 aliphatic rings. The SMILES string of the molecule is Cc1cc(Cl)ccc1Oc1ccc(S(=O)(=O)Cl)cc1. The summed E-state index contributed by atoms with van der Waals surface area (Å²) in [5.74, 6) is 1.18. The molecule has 0 bridgehead atoms. The highest BCUT2D eigenvalue weighted by molar-refractivity contribution is 8.13. The summed E-state index contributed by atoms with van der Waals surface area (Å²) in [4.78, 5) is 0.0364. The van der Waals surface area contributed by atoms with Crippen LogP contribution in [0, 0.1) is 6.92 Å². The first kappa shape index (κ1) is 14.2. The first-order valence-corrected chi connectivity index (χ1v) is 8.04. The Morgan fingerprint density at radius 2 is 1.68 bits per heavy atom. The van der Waals surface area contributed by atoms with Crippen molar-refractivity contribution in [3.63, 3.8) is 0 Å². The average Bonchev–Trinajstić information content (AvgIpc) is 2.32. The van der Waals surface area contributed by atoms with Gasteiger partial charge >= 0.3 is 0 Å². The van der Waals surface area contributed by atoms with Crippen LogP contribution in [-0.2, 0) is 9.05 Å². The van der Waals surface area contributed by atoms with Gasteiger partial charge in [0.1, 0.15) is 11.5 Å². The quantitative estimate of drug-likeness (QED) is 0.790. The molecule has 3 nitrogen and oxygen atoms in total. The van der Waals surface area contributed by atoms with Crippen molar-refractivity contribution in [1.29, 1.82) is 0 Å². The van der Waals surface area contributed by atoms with Gasteiger partial charge in [-0.1, -0.05) is 11.6 Å². The van der Waals surface area contributed by atoms with Crippen LogP contribution < -0.4 is 4.74 Å². The molecule has 0 saturated heterocycles. The van der Waals surface area contributed by atoms with Gasteiger partial charge in [-0.15, -0.1) is 0 Å². The summed E-state index contributed by atoms with van der Waals surface area (Å²) in [6.07, 6.45) is 0. The highest BCUT2D eigenvalue weighted by Crippen LogP contribution is 2.28. The first-order valence-electron chi connectivity index (χ1n) is 5.35. The fourth-order valence-corrected chi connectivity index (χ4v) is 2.52. The van der Waals surface area contributed by atoms with Crippen LogP contribution >= 0.6 is 22.3 Å². The van der Waals surface area contributed by atoms with Crippen molar-refractivity contribution in [2.75, 3.05) is 0 Å². The maximum absolute atomic E-state index is 11.1. The Bertz CT molecular complexity index is 694. The van der Waals surface area contributed by atoms with Crippen molar-refractivity contribution < 1.29 is 13.2 Å². The minimum absolute atomic E-state index is 0.0364. The van der Waals surface area contributed by atoms with Crippen LogP contribution in [0.4, 0.5) is 0 Å². The van der Waals surface area contributed by atoms with Crippen LogP contribution in [0.5, 0.6) is 11.5 Å². The summed E-state index contributed by atoms with van der Waals surface area (Å²) in [6, 6.07) is 11.1. The van der Waals surface area contributed by atoms with Crippen molar-refractivity contribution in [3.8, 4) is 11.5 Å². The third-order valence-electron chi connectivity index (χ3n) is 2.47. The molecule has 0 heterocycles. The Balaban J connectivity index is 2.25. The third-order valence-corrected chi connectivity index (χ3v) is 4.07. The Morgan fingerprint density at radius 1 is 1.05 bits per heavy atom. The largest absolute Gasteiger partial charge is 0.457 e. The molecule has 6 heteroatoms. The number of halogens is 2. The highest BCUT2D eigenvalue weighted by atomic mass is 35.7. The molecule has 100 valence electrons. The molecule has 0 saturated carbocycles. The number of hydrogen-bond donors (Lipinski definition) is 0. The van der Waals surface area contributed by atoms with Crippen LogP contribution in [-0.4, -0.2) is 8.42 Å². The zero-order valence-electron chi connectivity index (χ0n) is 9.93. The van der Waals surface area contributed by atoms with Gasteiger partial charge in [0, 0.05) is 15.7 Å². The standard InChI is InChI=1S/C13H10Cl2O3S/c1-9-8-10(14)2-7-13(9)18-11-3-5-12(6-4-11)19(15,16)17/h2-8H,1H3. The summed E-state index contributed by atoms with van der Waals surface area (Å²) in [6.45, 7) is 1.87. The second-order valence-electron chi connectivity index (χ2n) is 3.92. The summed E-state index contributed by atoms with van der Waals surface area (Å²) in [5, 5.41) is 0.633. The maximum atomic E-state index is 11.1. The normalized spacial score (nSPS) is 11.3. The summed E-state index contributed by atoms with van der Waals surface area (Å²) in [7, 11) is 1.52. The fraction of sp³-hybridized carbons (Fsp3) is 0.0769. The number of benzene rings is 2. The minimum atomic E-state index is -3.71. The van der Waals surface area contributed by atoms with E-state index in [0.29, 0.717) is 16.5 Å². The molecule has 2 aromatic carbocycles. The van der Waals surface area contributed by atoms with Gasteiger partial charge in [0.25, 0.3) is 9.05 Å². The van der Waals surface area contributed by atoms with Gasteiger partial charge < -0.3 is 4.74 Å². The van der Waals surface area contributed by atoms with Crippen LogP contribution in [0.1, 0.15) is 5.56 Å². The van der Waals surface area contributed by atoms with E-state index >= 15 is 0 Å². The van der Waals surface area contributed by atoms with E-state index in [0.717, 1.165) is 5.56 Å². The Kier molecular flexibility index (Phi) is 4.04. The van der Waals surface area contributed by atoms with Gasteiger partial charge in [0.2, 0.25) is 0 Å². The van der Waals surface area contributed by atoms with Crippen molar-refractivity contribution >= 4 is 31.3 Å². The number of ether oxygens (including phenoxy) is 1. The first-order chi connectivity index (χ1) is 8.86. The van der Waals surface area contributed by atoms with Gasteiger partial charge in [-0.25, -0.2) is 8.42 Å². The van der Waals surface area contributed by atoms with E-state index in [9.17, 15) is 8.42 Å². The lowest BCUT2D eigenvalue weighted by molar-refractivity contribution is 0.478. The van der Waals surface area contributed by atoms with Crippen molar-refractivity contribution in [2.45, 2.75) is 11.8 Å². The molecule has 2 rings (SSSR count). The maximum Gasteiger partial charge on any atom is 0.261 e.